The summed E-state index contributed by atoms with van der Waals surface area (Å²) in [6.07, 6.45) is 3.78. The molecule has 0 aromatic carbocycles. The lowest BCUT2D eigenvalue weighted by atomic mass is 10.1. The number of aliphatic carboxylic acids is 1. The highest BCUT2D eigenvalue weighted by Crippen LogP contribution is 2.06. The molecule has 0 heterocycles. The van der Waals surface area contributed by atoms with Crippen molar-refractivity contribution in [1.82, 2.24) is 0 Å². The maximum Gasteiger partial charge on any atom is 0.333 e. The van der Waals surface area contributed by atoms with E-state index in [1.807, 2.05) is 0 Å². The van der Waals surface area contributed by atoms with E-state index in [9.17, 15) is 9.59 Å². The van der Waals surface area contributed by atoms with Crippen LogP contribution < -0.4 is 0 Å². The second-order valence-corrected chi connectivity index (χ2v) is 3.87. The van der Waals surface area contributed by atoms with E-state index in [1.165, 1.54) is 0 Å². The Morgan fingerprint density at radius 3 is 2.00 bits per heavy atom. The van der Waals surface area contributed by atoms with Gasteiger partial charge in [-0.25, -0.2) is 9.59 Å². The Hall–Kier alpha value is -1.58. The van der Waals surface area contributed by atoms with E-state index in [-0.39, 0.29) is 5.97 Å². The van der Waals surface area contributed by atoms with Crippen LogP contribution in [0.15, 0.2) is 24.3 Å². The van der Waals surface area contributed by atoms with Gasteiger partial charge in [-0.1, -0.05) is 32.9 Å². The molecule has 4 heteroatoms. The number of esters is 1. The van der Waals surface area contributed by atoms with Gasteiger partial charge in [-0.05, 0) is 26.7 Å². The molecule has 18 heavy (non-hydrogen) atoms. The summed E-state index contributed by atoms with van der Waals surface area (Å²) in [7, 11) is 0. The van der Waals surface area contributed by atoms with Gasteiger partial charge in [0.1, 0.15) is 0 Å². The van der Waals surface area contributed by atoms with Crippen molar-refractivity contribution in [3.8, 4) is 0 Å². The number of carboxylic acids is 1. The van der Waals surface area contributed by atoms with E-state index in [0.717, 1.165) is 19.3 Å². The standard InChI is InChI=1S/C8H14O2.C6H10O2/c1-3-4-5-6-7(2)8(9)10;1-4-8-6(7)5(2)3/h2-6H2,1H3,(H,9,10);2,4H2,1,3H3. The minimum absolute atomic E-state index is 0.312. The van der Waals surface area contributed by atoms with Crippen LogP contribution in [0.25, 0.3) is 0 Å². The second kappa shape index (κ2) is 11.9. The van der Waals surface area contributed by atoms with Gasteiger partial charge in [-0.2, -0.15) is 0 Å². The molecule has 0 aromatic rings. The molecule has 0 unspecified atom stereocenters. The van der Waals surface area contributed by atoms with Crippen LogP contribution in [0.2, 0.25) is 0 Å². The summed E-state index contributed by atoms with van der Waals surface area (Å²) in [5.74, 6) is -1.18. The predicted octanol–water partition coefficient (Wildman–Crippen LogP) is 3.33. The number of ether oxygens (including phenoxy) is 1. The van der Waals surface area contributed by atoms with Crippen LogP contribution in [0.5, 0.6) is 0 Å². The minimum atomic E-state index is -0.865. The van der Waals surface area contributed by atoms with Gasteiger partial charge in [-0.15, -0.1) is 0 Å². The SMILES string of the molecule is C=C(C)C(=O)OCC.C=C(CCCCC)C(=O)O. The highest BCUT2D eigenvalue weighted by Gasteiger charge is 2.01. The average molecular weight is 256 g/mol. The molecule has 0 atom stereocenters. The highest BCUT2D eigenvalue weighted by molar-refractivity contribution is 5.86. The fourth-order valence-corrected chi connectivity index (χ4v) is 0.950. The highest BCUT2D eigenvalue weighted by atomic mass is 16.5. The topological polar surface area (TPSA) is 63.6 Å². The first-order valence-electron chi connectivity index (χ1n) is 6.10. The Morgan fingerprint density at radius 1 is 1.17 bits per heavy atom. The molecular weight excluding hydrogens is 232 g/mol. The maximum atomic E-state index is 10.4. The maximum absolute atomic E-state index is 10.4. The third-order valence-corrected chi connectivity index (χ3v) is 2.01. The monoisotopic (exact) mass is 256 g/mol. The molecule has 0 aliphatic rings. The fraction of sp³-hybridized carbons (Fsp3) is 0.571. The van der Waals surface area contributed by atoms with Crippen molar-refractivity contribution in [2.24, 2.45) is 0 Å². The fourth-order valence-electron chi connectivity index (χ4n) is 0.950. The Kier molecular flexibility index (Phi) is 12.4. The molecule has 0 saturated heterocycles. The molecule has 0 saturated carbocycles. The summed E-state index contributed by atoms with van der Waals surface area (Å²) in [5, 5.41) is 8.38. The van der Waals surface area contributed by atoms with Crippen LogP contribution >= 0.6 is 0 Å². The molecule has 104 valence electrons. The quantitative estimate of drug-likeness (QED) is 0.431. The lowest BCUT2D eigenvalue weighted by molar-refractivity contribution is -0.138. The summed E-state index contributed by atoms with van der Waals surface area (Å²) in [6.45, 7) is 12.7. The van der Waals surface area contributed by atoms with Crippen LogP contribution in [0.4, 0.5) is 0 Å². The van der Waals surface area contributed by atoms with E-state index in [1.54, 1.807) is 13.8 Å². The zero-order valence-electron chi connectivity index (χ0n) is 11.6. The van der Waals surface area contributed by atoms with E-state index < -0.39 is 5.97 Å². The van der Waals surface area contributed by atoms with E-state index in [2.05, 4.69) is 24.8 Å². The lowest BCUT2D eigenvalue weighted by Crippen LogP contribution is -2.03. The van der Waals surface area contributed by atoms with Gasteiger partial charge in [0.15, 0.2) is 0 Å². The van der Waals surface area contributed by atoms with Crippen LogP contribution in [0.3, 0.4) is 0 Å². The number of carbonyl (C=O) groups excluding carboxylic acids is 1. The Bertz CT molecular complexity index is 292. The summed E-state index contributed by atoms with van der Waals surface area (Å²) in [6, 6.07) is 0. The third kappa shape index (κ3) is 12.5. The van der Waals surface area contributed by atoms with Crippen molar-refractivity contribution in [2.75, 3.05) is 6.61 Å². The van der Waals surface area contributed by atoms with Crippen molar-refractivity contribution in [2.45, 2.75) is 46.5 Å². The Balaban J connectivity index is 0. The first-order chi connectivity index (χ1) is 8.36. The number of unbranched alkanes of at least 4 members (excludes halogenated alkanes) is 2. The molecule has 0 aliphatic heterocycles. The summed E-state index contributed by atoms with van der Waals surface area (Å²) in [4.78, 5) is 20.6. The summed E-state index contributed by atoms with van der Waals surface area (Å²) >= 11 is 0. The average Bonchev–Trinajstić information content (AvgIpc) is 2.30. The number of carboxylic acid groups (broad SMARTS) is 1. The molecule has 0 fully saturated rings. The number of rotatable bonds is 7. The smallest absolute Gasteiger partial charge is 0.333 e. The number of hydrogen-bond acceptors (Lipinski definition) is 3. The van der Waals surface area contributed by atoms with Crippen molar-refractivity contribution < 1.29 is 19.4 Å². The van der Waals surface area contributed by atoms with Crippen molar-refractivity contribution in [3.63, 3.8) is 0 Å². The largest absolute Gasteiger partial charge is 0.478 e. The number of carbonyl (C=O) groups is 2. The van der Waals surface area contributed by atoms with Gasteiger partial charge in [-0.3, -0.25) is 0 Å². The van der Waals surface area contributed by atoms with Gasteiger partial charge in [0.25, 0.3) is 0 Å². The van der Waals surface area contributed by atoms with Gasteiger partial charge < -0.3 is 9.84 Å². The molecule has 0 amide bonds. The van der Waals surface area contributed by atoms with E-state index in [0.29, 0.717) is 24.2 Å². The van der Waals surface area contributed by atoms with Gasteiger partial charge >= 0.3 is 11.9 Å². The molecular formula is C14H24O4. The Labute approximate surface area is 109 Å². The van der Waals surface area contributed by atoms with Crippen LogP contribution in [-0.2, 0) is 14.3 Å². The van der Waals surface area contributed by atoms with Gasteiger partial charge in [0.05, 0.1) is 6.61 Å². The molecule has 1 N–H and O–H groups in total. The van der Waals surface area contributed by atoms with Gasteiger partial charge in [0.2, 0.25) is 0 Å². The molecule has 0 aliphatic carbocycles. The molecule has 0 aromatic heterocycles. The summed E-state index contributed by atoms with van der Waals surface area (Å²) < 4.78 is 4.56. The van der Waals surface area contributed by atoms with Crippen LogP contribution in [-0.4, -0.2) is 23.7 Å². The van der Waals surface area contributed by atoms with Crippen LogP contribution in [0.1, 0.15) is 46.5 Å². The zero-order chi connectivity index (χ0) is 14.6. The van der Waals surface area contributed by atoms with E-state index in [4.69, 9.17) is 5.11 Å². The number of hydrogen-bond donors (Lipinski definition) is 1. The molecule has 0 radical (unpaired) electrons. The third-order valence-electron chi connectivity index (χ3n) is 2.01. The van der Waals surface area contributed by atoms with E-state index >= 15 is 0 Å². The van der Waals surface area contributed by atoms with Crippen molar-refractivity contribution in [1.29, 1.82) is 0 Å². The first-order valence-corrected chi connectivity index (χ1v) is 6.10. The zero-order valence-corrected chi connectivity index (χ0v) is 11.6. The molecule has 0 bridgehead atoms. The van der Waals surface area contributed by atoms with Gasteiger partial charge in [0, 0.05) is 11.1 Å². The second-order valence-electron chi connectivity index (χ2n) is 3.87. The first kappa shape index (κ1) is 18.8. The van der Waals surface area contributed by atoms with Crippen molar-refractivity contribution >= 4 is 11.9 Å². The predicted molar refractivity (Wildman–Crippen MR) is 72.4 cm³/mol. The van der Waals surface area contributed by atoms with Crippen LogP contribution in [0, 0.1) is 0 Å². The van der Waals surface area contributed by atoms with Crippen molar-refractivity contribution in [3.05, 3.63) is 24.3 Å². The normalized spacial score (nSPS) is 8.83. The molecule has 0 rings (SSSR count). The molecule has 0 spiro atoms. The lowest BCUT2D eigenvalue weighted by Gasteiger charge is -1.97. The Morgan fingerprint density at radius 2 is 1.72 bits per heavy atom. The molecule has 4 nitrogen and oxygen atoms in total. The summed E-state index contributed by atoms with van der Waals surface area (Å²) in [5.41, 5.74) is 0.778. The minimum Gasteiger partial charge on any atom is -0.478 e.